The summed E-state index contributed by atoms with van der Waals surface area (Å²) < 4.78 is 5.14. The number of benzene rings is 1. The van der Waals surface area contributed by atoms with Gasteiger partial charge < -0.3 is 9.84 Å². The minimum absolute atomic E-state index is 0.114. The van der Waals surface area contributed by atoms with Crippen LogP contribution in [-0.4, -0.2) is 17.7 Å². The molecule has 1 aromatic rings. The van der Waals surface area contributed by atoms with Crippen LogP contribution in [0.4, 0.5) is 0 Å². The minimum atomic E-state index is -0.324. The van der Waals surface area contributed by atoms with E-state index in [0.717, 1.165) is 30.4 Å². The molecule has 0 unspecified atom stereocenters. The van der Waals surface area contributed by atoms with Crippen LogP contribution in [0, 0.1) is 0 Å². The summed E-state index contributed by atoms with van der Waals surface area (Å²) in [7, 11) is 0. The number of aryl methyl sites for hydroxylation is 1. The van der Waals surface area contributed by atoms with E-state index in [-0.39, 0.29) is 16.8 Å². The third-order valence-electron chi connectivity index (χ3n) is 4.23. The first kappa shape index (κ1) is 21.3. The maximum Gasteiger partial charge on any atom is 0.333 e. The Morgan fingerprint density at radius 2 is 1.52 bits per heavy atom. The van der Waals surface area contributed by atoms with Crippen molar-refractivity contribution in [3.63, 3.8) is 0 Å². The van der Waals surface area contributed by atoms with Gasteiger partial charge in [-0.2, -0.15) is 0 Å². The molecule has 1 N–H and O–H groups in total. The molecule has 1 rings (SSSR count). The van der Waals surface area contributed by atoms with Gasteiger partial charge in [0.15, 0.2) is 0 Å². The third-order valence-corrected chi connectivity index (χ3v) is 4.23. The molecule has 0 radical (unpaired) electrons. The number of aromatic hydroxyl groups is 1. The lowest BCUT2D eigenvalue weighted by Crippen LogP contribution is -2.18. The summed E-state index contributed by atoms with van der Waals surface area (Å²) in [4.78, 5) is 11.4. The quantitative estimate of drug-likeness (QED) is 0.424. The van der Waals surface area contributed by atoms with Gasteiger partial charge in [-0.1, -0.05) is 60.3 Å². The molecule has 0 atom stereocenters. The molecule has 0 bridgehead atoms. The molecular weight excluding hydrogens is 312 g/mol. The van der Waals surface area contributed by atoms with Gasteiger partial charge in [0.1, 0.15) is 5.75 Å². The van der Waals surface area contributed by atoms with E-state index in [1.165, 1.54) is 5.56 Å². The molecule has 0 fully saturated rings. The lowest BCUT2D eigenvalue weighted by molar-refractivity contribution is -0.139. The highest BCUT2D eigenvalue weighted by atomic mass is 16.5. The number of phenols is 1. The van der Waals surface area contributed by atoms with Gasteiger partial charge in [0, 0.05) is 5.57 Å². The number of ether oxygens (including phenoxy) is 1. The number of esters is 1. The normalized spacial score (nSPS) is 12.1. The van der Waals surface area contributed by atoms with Crippen molar-refractivity contribution in [2.75, 3.05) is 6.61 Å². The first-order chi connectivity index (χ1) is 11.3. The predicted octanol–water partition coefficient (Wildman–Crippen LogP) is 5.43. The summed E-state index contributed by atoms with van der Waals surface area (Å²) in [5.41, 5.74) is 3.41. The van der Waals surface area contributed by atoms with Crippen molar-refractivity contribution < 1.29 is 14.6 Å². The van der Waals surface area contributed by atoms with Gasteiger partial charge in [0.05, 0.1) is 6.61 Å². The number of carbonyl (C=O) groups excluding carboxylic acids is 1. The maximum absolute atomic E-state index is 11.4. The van der Waals surface area contributed by atoms with Gasteiger partial charge in [-0.25, -0.2) is 4.79 Å². The summed E-state index contributed by atoms with van der Waals surface area (Å²) in [6.07, 6.45) is 2.65. The molecule has 140 valence electrons. The molecule has 3 heteroatoms. The van der Waals surface area contributed by atoms with Crippen LogP contribution < -0.4 is 0 Å². The molecule has 1 aromatic carbocycles. The van der Waals surface area contributed by atoms with Gasteiger partial charge in [0.2, 0.25) is 0 Å². The molecule has 0 aliphatic rings. The number of carbonyl (C=O) groups is 1. The Bertz CT molecular complexity index is 593. The molecule has 25 heavy (non-hydrogen) atoms. The zero-order chi connectivity index (χ0) is 19.4. The minimum Gasteiger partial charge on any atom is -0.507 e. The summed E-state index contributed by atoms with van der Waals surface area (Å²) in [6.45, 7) is 18.4. The van der Waals surface area contributed by atoms with Gasteiger partial charge in [0.25, 0.3) is 0 Å². The summed E-state index contributed by atoms with van der Waals surface area (Å²) in [5.74, 6) is 0.0915. The Hall–Kier alpha value is -1.77. The van der Waals surface area contributed by atoms with Crippen molar-refractivity contribution in [2.45, 2.75) is 78.6 Å². The number of unbranched alkanes of at least 4 members (excludes halogenated alkanes) is 1. The van der Waals surface area contributed by atoms with Crippen LogP contribution in [0.15, 0.2) is 24.3 Å². The standard InChI is InChI=1S/C22H34O3/c1-15(2)20(24)25-12-10-9-11-16-13-17(21(3,4)5)19(23)18(14-16)22(6,7)8/h13-14,23H,1,9-12H2,2-8H3. The molecule has 0 saturated heterocycles. The fourth-order valence-electron chi connectivity index (χ4n) is 2.70. The second-order valence-corrected chi connectivity index (χ2v) is 8.91. The van der Waals surface area contributed by atoms with Crippen molar-refractivity contribution in [3.05, 3.63) is 41.0 Å². The number of hydrogen-bond acceptors (Lipinski definition) is 3. The van der Waals surface area contributed by atoms with Crippen LogP contribution in [0.5, 0.6) is 5.75 Å². The van der Waals surface area contributed by atoms with Gasteiger partial charge in [-0.15, -0.1) is 0 Å². The lowest BCUT2D eigenvalue weighted by Gasteiger charge is -2.28. The molecule has 0 heterocycles. The fraction of sp³-hybridized carbons (Fsp3) is 0.591. The maximum atomic E-state index is 11.4. The van der Waals surface area contributed by atoms with Gasteiger partial charge in [-0.3, -0.25) is 0 Å². The van der Waals surface area contributed by atoms with E-state index in [1.54, 1.807) is 6.92 Å². The van der Waals surface area contributed by atoms with Crippen LogP contribution in [0.2, 0.25) is 0 Å². The highest BCUT2D eigenvalue weighted by Crippen LogP contribution is 2.40. The largest absolute Gasteiger partial charge is 0.507 e. The molecule has 0 aliphatic heterocycles. The average molecular weight is 347 g/mol. The summed E-state index contributed by atoms with van der Waals surface area (Å²) in [6, 6.07) is 4.23. The van der Waals surface area contributed by atoms with E-state index in [4.69, 9.17) is 4.74 Å². The number of phenolic OH excluding ortho intramolecular Hbond substituents is 1. The molecule has 3 nitrogen and oxygen atoms in total. The number of hydrogen-bond donors (Lipinski definition) is 1. The Kier molecular flexibility index (Phi) is 6.87. The van der Waals surface area contributed by atoms with Crippen LogP contribution in [-0.2, 0) is 26.8 Å². The van der Waals surface area contributed by atoms with Crippen LogP contribution >= 0.6 is 0 Å². The third kappa shape index (κ3) is 6.22. The van der Waals surface area contributed by atoms with Crippen molar-refractivity contribution in [1.82, 2.24) is 0 Å². The first-order valence-corrected chi connectivity index (χ1v) is 9.03. The highest BCUT2D eigenvalue weighted by molar-refractivity contribution is 5.86. The Balaban J connectivity index is 2.86. The average Bonchev–Trinajstić information content (AvgIpc) is 2.45. The molecule has 0 aliphatic carbocycles. The second-order valence-electron chi connectivity index (χ2n) is 8.91. The smallest absolute Gasteiger partial charge is 0.333 e. The highest BCUT2D eigenvalue weighted by Gasteiger charge is 2.26. The second kappa shape index (κ2) is 8.07. The van der Waals surface area contributed by atoms with Gasteiger partial charge in [-0.05, 0) is 53.7 Å². The van der Waals surface area contributed by atoms with Crippen molar-refractivity contribution in [1.29, 1.82) is 0 Å². The van der Waals surface area contributed by atoms with Crippen LogP contribution in [0.25, 0.3) is 0 Å². The van der Waals surface area contributed by atoms with Crippen LogP contribution in [0.1, 0.15) is 78.0 Å². The summed E-state index contributed by atoms with van der Waals surface area (Å²) >= 11 is 0. The Morgan fingerprint density at radius 3 is 1.92 bits per heavy atom. The monoisotopic (exact) mass is 346 g/mol. The van der Waals surface area contributed by atoms with Crippen molar-refractivity contribution in [2.24, 2.45) is 0 Å². The molecule has 0 saturated carbocycles. The lowest BCUT2D eigenvalue weighted by atomic mass is 9.78. The van der Waals surface area contributed by atoms with E-state index < -0.39 is 0 Å². The topological polar surface area (TPSA) is 46.5 Å². The molecule has 0 spiro atoms. The van der Waals surface area contributed by atoms with Crippen molar-refractivity contribution in [3.8, 4) is 5.75 Å². The SMILES string of the molecule is C=C(C)C(=O)OCCCCc1cc(C(C)(C)C)c(O)c(C(C)(C)C)c1. The van der Waals surface area contributed by atoms with E-state index in [2.05, 4.69) is 60.3 Å². The zero-order valence-electron chi connectivity index (χ0n) is 17.0. The fourth-order valence-corrected chi connectivity index (χ4v) is 2.70. The van der Waals surface area contributed by atoms with E-state index in [1.807, 2.05) is 0 Å². The van der Waals surface area contributed by atoms with E-state index >= 15 is 0 Å². The molecular formula is C22H34O3. The molecule has 0 aromatic heterocycles. The van der Waals surface area contributed by atoms with E-state index in [0.29, 0.717) is 17.9 Å². The first-order valence-electron chi connectivity index (χ1n) is 9.03. The zero-order valence-corrected chi connectivity index (χ0v) is 17.0. The Labute approximate surface area is 153 Å². The van der Waals surface area contributed by atoms with E-state index in [9.17, 15) is 9.90 Å². The summed E-state index contributed by atoms with van der Waals surface area (Å²) in [5, 5.41) is 10.7. The molecule has 0 amide bonds. The van der Waals surface area contributed by atoms with Crippen LogP contribution in [0.3, 0.4) is 0 Å². The predicted molar refractivity (Wildman–Crippen MR) is 104 cm³/mol. The Morgan fingerprint density at radius 1 is 1.04 bits per heavy atom. The van der Waals surface area contributed by atoms with Gasteiger partial charge >= 0.3 is 5.97 Å². The van der Waals surface area contributed by atoms with Crippen molar-refractivity contribution >= 4 is 5.97 Å². The number of rotatable bonds is 6.